The first-order chi connectivity index (χ1) is 9.43. The molecular formula is C16H23NO3. The molecule has 0 radical (unpaired) electrons. The highest BCUT2D eigenvalue weighted by molar-refractivity contribution is 5.83. The van der Waals surface area contributed by atoms with Gasteiger partial charge in [0.2, 0.25) is 5.91 Å². The lowest BCUT2D eigenvalue weighted by atomic mass is 10.1. The van der Waals surface area contributed by atoms with E-state index in [-0.39, 0.29) is 24.5 Å². The summed E-state index contributed by atoms with van der Waals surface area (Å²) in [4.78, 5) is 25.4. The molecule has 20 heavy (non-hydrogen) atoms. The van der Waals surface area contributed by atoms with Crippen LogP contribution in [0.3, 0.4) is 0 Å². The molecule has 1 rings (SSSR count). The van der Waals surface area contributed by atoms with Crippen molar-refractivity contribution >= 4 is 11.9 Å². The number of rotatable bonds is 6. The van der Waals surface area contributed by atoms with Crippen LogP contribution in [0.15, 0.2) is 24.3 Å². The smallest absolute Gasteiger partial charge is 0.325 e. The third-order valence-corrected chi connectivity index (χ3v) is 2.99. The molecule has 0 aliphatic rings. The van der Waals surface area contributed by atoms with Gasteiger partial charge in [-0.25, -0.2) is 0 Å². The predicted octanol–water partition coefficient (Wildman–Crippen LogP) is 2.34. The van der Waals surface area contributed by atoms with Gasteiger partial charge in [-0.2, -0.15) is 0 Å². The number of hydrogen-bond acceptors (Lipinski definition) is 3. The van der Waals surface area contributed by atoms with Crippen molar-refractivity contribution in [2.24, 2.45) is 0 Å². The van der Waals surface area contributed by atoms with Crippen molar-refractivity contribution in [3.8, 4) is 0 Å². The van der Waals surface area contributed by atoms with Crippen molar-refractivity contribution in [3.63, 3.8) is 0 Å². The Labute approximate surface area is 120 Å². The number of aryl methyl sites for hydroxylation is 1. The Balaban J connectivity index is 2.71. The van der Waals surface area contributed by atoms with Crippen LogP contribution in [0.1, 0.15) is 31.9 Å². The molecule has 0 aliphatic heterocycles. The van der Waals surface area contributed by atoms with E-state index >= 15 is 0 Å². The van der Waals surface area contributed by atoms with Crippen LogP contribution in [0.25, 0.3) is 0 Å². The van der Waals surface area contributed by atoms with Crippen LogP contribution < -0.4 is 0 Å². The minimum atomic E-state index is -0.362. The van der Waals surface area contributed by atoms with E-state index in [1.54, 1.807) is 11.8 Å². The molecule has 0 bridgehead atoms. The number of hydrogen-bond donors (Lipinski definition) is 0. The Morgan fingerprint density at radius 2 is 2.00 bits per heavy atom. The zero-order chi connectivity index (χ0) is 15.1. The van der Waals surface area contributed by atoms with Crippen LogP contribution in [-0.2, 0) is 20.7 Å². The van der Waals surface area contributed by atoms with Crippen LogP contribution in [0.4, 0.5) is 0 Å². The maximum Gasteiger partial charge on any atom is 0.325 e. The van der Waals surface area contributed by atoms with Crippen LogP contribution >= 0.6 is 0 Å². The molecule has 4 nitrogen and oxygen atoms in total. The first kappa shape index (κ1) is 16.2. The average molecular weight is 277 g/mol. The van der Waals surface area contributed by atoms with Gasteiger partial charge in [0.15, 0.2) is 0 Å². The molecule has 1 aromatic rings. The number of carbonyl (C=O) groups excluding carboxylic acids is 2. The molecule has 0 N–H and O–H groups in total. The molecule has 0 aromatic heterocycles. The predicted molar refractivity (Wildman–Crippen MR) is 78.4 cm³/mol. The summed E-state index contributed by atoms with van der Waals surface area (Å²) in [7, 11) is 0. The molecule has 0 atom stereocenters. The van der Waals surface area contributed by atoms with Crippen molar-refractivity contribution in [3.05, 3.63) is 35.4 Å². The second-order valence-corrected chi connectivity index (χ2v) is 5.09. The van der Waals surface area contributed by atoms with Gasteiger partial charge in [0.1, 0.15) is 6.54 Å². The van der Waals surface area contributed by atoms with Crippen molar-refractivity contribution < 1.29 is 14.3 Å². The SMILES string of the molecule is CCOC(=O)CN(C(=O)Cc1cccc(C)c1)C(C)C. The Kier molecular flexibility index (Phi) is 6.22. The van der Waals surface area contributed by atoms with Crippen molar-refractivity contribution in [1.29, 1.82) is 0 Å². The third-order valence-electron chi connectivity index (χ3n) is 2.99. The molecular weight excluding hydrogens is 254 g/mol. The second kappa shape index (κ2) is 7.68. The second-order valence-electron chi connectivity index (χ2n) is 5.09. The number of amides is 1. The molecule has 0 heterocycles. The van der Waals surface area contributed by atoms with Gasteiger partial charge < -0.3 is 9.64 Å². The van der Waals surface area contributed by atoms with E-state index < -0.39 is 0 Å². The number of esters is 1. The molecule has 0 unspecified atom stereocenters. The molecule has 4 heteroatoms. The number of carbonyl (C=O) groups is 2. The largest absolute Gasteiger partial charge is 0.465 e. The van der Waals surface area contributed by atoms with Gasteiger partial charge in [-0.15, -0.1) is 0 Å². The lowest BCUT2D eigenvalue weighted by Crippen LogP contribution is -2.42. The van der Waals surface area contributed by atoms with E-state index in [9.17, 15) is 9.59 Å². The Morgan fingerprint density at radius 1 is 1.30 bits per heavy atom. The van der Waals surface area contributed by atoms with Gasteiger partial charge in [0.25, 0.3) is 0 Å². The van der Waals surface area contributed by atoms with Crippen LogP contribution in [-0.4, -0.2) is 36.0 Å². The van der Waals surface area contributed by atoms with E-state index in [2.05, 4.69) is 0 Å². The molecule has 0 fully saturated rings. The Morgan fingerprint density at radius 3 is 2.55 bits per heavy atom. The first-order valence-corrected chi connectivity index (χ1v) is 6.94. The van der Waals surface area contributed by atoms with Crippen LogP contribution in [0, 0.1) is 6.92 Å². The van der Waals surface area contributed by atoms with Crippen LogP contribution in [0.2, 0.25) is 0 Å². The number of benzene rings is 1. The summed E-state index contributed by atoms with van der Waals surface area (Å²) in [5, 5.41) is 0. The van der Waals surface area contributed by atoms with Gasteiger partial charge in [-0.05, 0) is 33.3 Å². The molecule has 0 saturated heterocycles. The van der Waals surface area contributed by atoms with Crippen molar-refractivity contribution in [1.82, 2.24) is 4.90 Å². The topological polar surface area (TPSA) is 46.6 Å². The van der Waals surface area contributed by atoms with Gasteiger partial charge >= 0.3 is 5.97 Å². The summed E-state index contributed by atoms with van der Waals surface area (Å²) in [5.74, 6) is -0.419. The zero-order valence-electron chi connectivity index (χ0n) is 12.7. The summed E-state index contributed by atoms with van der Waals surface area (Å²) in [5.41, 5.74) is 2.08. The number of nitrogens with zero attached hydrogens (tertiary/aromatic N) is 1. The van der Waals surface area contributed by atoms with E-state index in [1.807, 2.05) is 45.0 Å². The summed E-state index contributed by atoms with van der Waals surface area (Å²) in [6.45, 7) is 7.88. The fourth-order valence-corrected chi connectivity index (χ4v) is 2.00. The molecule has 0 spiro atoms. The van der Waals surface area contributed by atoms with Crippen LogP contribution in [0.5, 0.6) is 0 Å². The minimum Gasteiger partial charge on any atom is -0.465 e. The standard InChI is InChI=1S/C16H23NO3/c1-5-20-16(19)11-17(12(2)3)15(18)10-14-8-6-7-13(4)9-14/h6-9,12H,5,10-11H2,1-4H3. The normalized spacial score (nSPS) is 10.4. The maximum absolute atomic E-state index is 12.3. The van der Waals surface area contributed by atoms with E-state index in [0.717, 1.165) is 11.1 Å². The highest BCUT2D eigenvalue weighted by Crippen LogP contribution is 2.09. The molecule has 1 aromatic carbocycles. The molecule has 1 amide bonds. The highest BCUT2D eigenvalue weighted by Gasteiger charge is 2.20. The van der Waals surface area contributed by atoms with Gasteiger partial charge in [0, 0.05) is 6.04 Å². The molecule has 0 saturated carbocycles. The van der Waals surface area contributed by atoms with Gasteiger partial charge in [-0.1, -0.05) is 29.8 Å². The molecule has 0 aliphatic carbocycles. The zero-order valence-corrected chi connectivity index (χ0v) is 12.7. The van der Waals surface area contributed by atoms with Crippen molar-refractivity contribution in [2.75, 3.05) is 13.2 Å². The monoisotopic (exact) mass is 277 g/mol. The lowest BCUT2D eigenvalue weighted by Gasteiger charge is -2.25. The number of ether oxygens (including phenoxy) is 1. The van der Waals surface area contributed by atoms with E-state index in [1.165, 1.54) is 0 Å². The molecule has 110 valence electrons. The highest BCUT2D eigenvalue weighted by atomic mass is 16.5. The summed E-state index contributed by atoms with van der Waals surface area (Å²) < 4.78 is 4.91. The minimum absolute atomic E-state index is 0.0101. The summed E-state index contributed by atoms with van der Waals surface area (Å²) in [6, 6.07) is 7.81. The fourth-order valence-electron chi connectivity index (χ4n) is 2.00. The van der Waals surface area contributed by atoms with E-state index in [4.69, 9.17) is 4.74 Å². The lowest BCUT2D eigenvalue weighted by molar-refractivity contribution is -0.149. The Bertz CT molecular complexity index is 469. The Hall–Kier alpha value is -1.84. The van der Waals surface area contributed by atoms with E-state index in [0.29, 0.717) is 13.0 Å². The summed E-state index contributed by atoms with van der Waals surface area (Å²) in [6.07, 6.45) is 0.305. The average Bonchev–Trinajstić information content (AvgIpc) is 2.35. The quantitative estimate of drug-likeness (QED) is 0.750. The first-order valence-electron chi connectivity index (χ1n) is 6.94. The fraction of sp³-hybridized carbons (Fsp3) is 0.500. The third kappa shape index (κ3) is 5.03. The summed E-state index contributed by atoms with van der Waals surface area (Å²) >= 11 is 0. The van der Waals surface area contributed by atoms with Crippen molar-refractivity contribution in [2.45, 2.75) is 40.2 Å². The van der Waals surface area contributed by atoms with Gasteiger partial charge in [0.05, 0.1) is 13.0 Å². The maximum atomic E-state index is 12.3. The van der Waals surface area contributed by atoms with Gasteiger partial charge in [-0.3, -0.25) is 9.59 Å².